The Labute approximate surface area is 111 Å². The van der Waals surface area contributed by atoms with Crippen molar-refractivity contribution in [2.24, 2.45) is 0 Å². The highest BCUT2D eigenvalue weighted by Gasteiger charge is 2.13. The molecule has 1 aliphatic rings. The minimum absolute atomic E-state index is 0.0497. The van der Waals surface area contributed by atoms with Gasteiger partial charge in [-0.05, 0) is 49.8 Å². The second kappa shape index (κ2) is 7.14. The molecule has 2 rings (SSSR count). The van der Waals surface area contributed by atoms with E-state index in [1.54, 1.807) is 0 Å². The van der Waals surface area contributed by atoms with E-state index in [2.05, 4.69) is 40.2 Å². The predicted molar refractivity (Wildman–Crippen MR) is 72.0 cm³/mol. The van der Waals surface area contributed by atoms with Crippen LogP contribution in [0.1, 0.15) is 31.2 Å². The van der Waals surface area contributed by atoms with E-state index in [1.165, 1.54) is 18.4 Å². The zero-order valence-electron chi connectivity index (χ0n) is 10.0. The van der Waals surface area contributed by atoms with E-state index in [4.69, 9.17) is 9.47 Å². The molecule has 17 heavy (non-hydrogen) atoms. The molecule has 1 saturated heterocycles. The first kappa shape index (κ1) is 13.1. The molecule has 1 aromatic rings. The van der Waals surface area contributed by atoms with Gasteiger partial charge in [-0.1, -0.05) is 28.1 Å². The summed E-state index contributed by atoms with van der Waals surface area (Å²) in [6.45, 7) is 1.65. The largest absolute Gasteiger partial charge is 0.353 e. The fourth-order valence-corrected chi connectivity index (χ4v) is 2.25. The Morgan fingerprint density at radius 1 is 1.24 bits per heavy atom. The molecule has 2 nitrogen and oxygen atoms in total. The van der Waals surface area contributed by atoms with Crippen LogP contribution in [0.2, 0.25) is 0 Å². The normalized spacial score (nSPS) is 20.4. The summed E-state index contributed by atoms with van der Waals surface area (Å²) >= 11 is 3.44. The molecule has 0 bridgehead atoms. The quantitative estimate of drug-likeness (QED) is 0.767. The van der Waals surface area contributed by atoms with Gasteiger partial charge in [0.05, 0.1) is 6.61 Å². The molecule has 0 unspecified atom stereocenters. The van der Waals surface area contributed by atoms with Crippen molar-refractivity contribution in [3.63, 3.8) is 0 Å². The minimum Gasteiger partial charge on any atom is -0.353 e. The first-order chi connectivity index (χ1) is 8.34. The molecule has 1 aromatic carbocycles. The third-order valence-electron chi connectivity index (χ3n) is 2.96. The second-order valence-corrected chi connectivity index (χ2v) is 5.31. The van der Waals surface area contributed by atoms with Gasteiger partial charge in [0, 0.05) is 11.1 Å². The molecule has 0 N–H and O–H groups in total. The van der Waals surface area contributed by atoms with Gasteiger partial charge in [-0.3, -0.25) is 0 Å². The molecule has 0 radical (unpaired) electrons. The smallest absolute Gasteiger partial charge is 0.157 e. The van der Waals surface area contributed by atoms with Crippen LogP contribution in [-0.2, 0) is 15.9 Å². The van der Waals surface area contributed by atoms with Gasteiger partial charge in [0.15, 0.2) is 6.29 Å². The molecule has 1 fully saturated rings. The number of aryl methyl sites for hydroxylation is 1. The van der Waals surface area contributed by atoms with Gasteiger partial charge in [-0.2, -0.15) is 0 Å². The lowest BCUT2D eigenvalue weighted by molar-refractivity contribution is -0.162. The van der Waals surface area contributed by atoms with E-state index in [1.807, 2.05) is 0 Å². The minimum atomic E-state index is 0.0497. The van der Waals surface area contributed by atoms with Crippen LogP contribution in [0.5, 0.6) is 0 Å². The maximum absolute atomic E-state index is 5.70. The van der Waals surface area contributed by atoms with Gasteiger partial charge in [0.25, 0.3) is 0 Å². The highest BCUT2D eigenvalue weighted by Crippen LogP contribution is 2.15. The predicted octanol–water partition coefficient (Wildman–Crippen LogP) is 3.92. The Morgan fingerprint density at radius 2 is 2.06 bits per heavy atom. The average Bonchev–Trinajstić information content (AvgIpc) is 2.38. The molecule has 0 spiro atoms. The number of ether oxygens (including phenoxy) is 2. The van der Waals surface area contributed by atoms with Gasteiger partial charge in [0.1, 0.15) is 0 Å². The van der Waals surface area contributed by atoms with Crippen LogP contribution in [-0.4, -0.2) is 19.5 Å². The lowest BCUT2D eigenvalue weighted by atomic mass is 10.1. The second-order valence-electron chi connectivity index (χ2n) is 4.40. The number of rotatable bonds is 5. The molecule has 3 heteroatoms. The van der Waals surface area contributed by atoms with E-state index in [0.717, 1.165) is 36.9 Å². The molecule has 0 saturated carbocycles. The van der Waals surface area contributed by atoms with Crippen molar-refractivity contribution in [3.05, 3.63) is 34.3 Å². The summed E-state index contributed by atoms with van der Waals surface area (Å²) in [7, 11) is 0. The standard InChI is InChI=1S/C14H19BrO2/c15-13-8-6-12(7-9-13)4-3-11-17-14-5-1-2-10-16-14/h6-9,14H,1-5,10-11H2/t14-/m1/s1. The van der Waals surface area contributed by atoms with Crippen LogP contribution in [0.25, 0.3) is 0 Å². The SMILES string of the molecule is Brc1ccc(CCCO[C@@H]2CCCCO2)cc1. The summed E-state index contributed by atoms with van der Waals surface area (Å²) in [5.74, 6) is 0. The van der Waals surface area contributed by atoms with Crippen molar-refractivity contribution >= 4 is 15.9 Å². The summed E-state index contributed by atoms with van der Waals surface area (Å²) < 4.78 is 12.3. The molecule has 1 aliphatic heterocycles. The third kappa shape index (κ3) is 4.78. The number of halogens is 1. The van der Waals surface area contributed by atoms with Crippen LogP contribution in [0.15, 0.2) is 28.7 Å². The average molecular weight is 299 g/mol. The molecule has 0 aliphatic carbocycles. The third-order valence-corrected chi connectivity index (χ3v) is 3.49. The molecule has 0 amide bonds. The van der Waals surface area contributed by atoms with E-state index >= 15 is 0 Å². The highest BCUT2D eigenvalue weighted by molar-refractivity contribution is 9.10. The molecule has 0 aromatic heterocycles. The van der Waals surface area contributed by atoms with E-state index in [9.17, 15) is 0 Å². The molecular formula is C14H19BrO2. The topological polar surface area (TPSA) is 18.5 Å². The highest BCUT2D eigenvalue weighted by atomic mass is 79.9. The van der Waals surface area contributed by atoms with E-state index in [-0.39, 0.29) is 6.29 Å². The molecular weight excluding hydrogens is 280 g/mol. The van der Waals surface area contributed by atoms with Gasteiger partial charge in [0.2, 0.25) is 0 Å². The fourth-order valence-electron chi connectivity index (χ4n) is 1.98. The first-order valence-electron chi connectivity index (χ1n) is 6.32. The van der Waals surface area contributed by atoms with Crippen molar-refractivity contribution in [1.82, 2.24) is 0 Å². The van der Waals surface area contributed by atoms with E-state index < -0.39 is 0 Å². The van der Waals surface area contributed by atoms with Gasteiger partial charge >= 0.3 is 0 Å². The molecule has 94 valence electrons. The Hall–Kier alpha value is -0.380. The van der Waals surface area contributed by atoms with Gasteiger partial charge in [-0.25, -0.2) is 0 Å². The Kier molecular flexibility index (Phi) is 5.49. The van der Waals surface area contributed by atoms with Crippen LogP contribution < -0.4 is 0 Å². The van der Waals surface area contributed by atoms with Crippen LogP contribution in [0.3, 0.4) is 0 Å². The Balaban J connectivity index is 1.60. The Bertz CT molecular complexity index is 317. The maximum Gasteiger partial charge on any atom is 0.157 e. The molecule has 1 atom stereocenters. The van der Waals surface area contributed by atoms with E-state index in [0.29, 0.717) is 0 Å². The summed E-state index contributed by atoms with van der Waals surface area (Å²) in [4.78, 5) is 0. The maximum atomic E-state index is 5.70. The summed E-state index contributed by atoms with van der Waals surface area (Å²) in [6, 6.07) is 8.48. The summed E-state index contributed by atoms with van der Waals surface area (Å²) in [6.07, 6.45) is 5.64. The lowest BCUT2D eigenvalue weighted by Crippen LogP contribution is -2.22. The van der Waals surface area contributed by atoms with Crippen molar-refractivity contribution in [3.8, 4) is 0 Å². The fraction of sp³-hybridized carbons (Fsp3) is 0.571. The number of hydrogen-bond donors (Lipinski definition) is 0. The monoisotopic (exact) mass is 298 g/mol. The van der Waals surface area contributed by atoms with Crippen LogP contribution in [0.4, 0.5) is 0 Å². The number of hydrogen-bond acceptors (Lipinski definition) is 2. The zero-order valence-corrected chi connectivity index (χ0v) is 11.6. The van der Waals surface area contributed by atoms with Crippen LogP contribution >= 0.6 is 15.9 Å². The first-order valence-corrected chi connectivity index (χ1v) is 7.11. The zero-order chi connectivity index (χ0) is 11.9. The number of benzene rings is 1. The van der Waals surface area contributed by atoms with Gasteiger partial charge < -0.3 is 9.47 Å². The van der Waals surface area contributed by atoms with Crippen LogP contribution in [0, 0.1) is 0 Å². The Morgan fingerprint density at radius 3 is 2.76 bits per heavy atom. The van der Waals surface area contributed by atoms with Crippen molar-refractivity contribution < 1.29 is 9.47 Å². The van der Waals surface area contributed by atoms with Crippen molar-refractivity contribution in [1.29, 1.82) is 0 Å². The lowest BCUT2D eigenvalue weighted by Gasteiger charge is -2.22. The van der Waals surface area contributed by atoms with Gasteiger partial charge in [-0.15, -0.1) is 0 Å². The van der Waals surface area contributed by atoms with Crippen molar-refractivity contribution in [2.75, 3.05) is 13.2 Å². The molecule has 1 heterocycles. The summed E-state index contributed by atoms with van der Waals surface area (Å²) in [5, 5.41) is 0. The van der Waals surface area contributed by atoms with Crippen molar-refractivity contribution in [2.45, 2.75) is 38.4 Å². The summed E-state index contributed by atoms with van der Waals surface area (Å²) in [5.41, 5.74) is 1.36.